The van der Waals surface area contributed by atoms with Gasteiger partial charge in [-0.1, -0.05) is 303 Å². The molecule has 1 amide bonds. The Labute approximate surface area is 558 Å². The van der Waals surface area contributed by atoms with Gasteiger partial charge in [0.15, 0.2) is 12.1 Å². The van der Waals surface area contributed by atoms with Crippen LogP contribution in [-0.2, 0) is 35.0 Å². The van der Waals surface area contributed by atoms with Crippen LogP contribution in [0.4, 0.5) is 0 Å². The van der Waals surface area contributed by atoms with Gasteiger partial charge in [0.05, 0.1) is 60.5 Å². The number of hydrogen-bond donors (Lipinski definition) is 2. The van der Waals surface area contributed by atoms with E-state index in [4.69, 9.17) is 18.9 Å². The molecule has 1 aromatic carbocycles. The van der Waals surface area contributed by atoms with Crippen molar-refractivity contribution in [3.05, 3.63) is 36.0 Å². The zero-order chi connectivity index (χ0) is 65.1. The van der Waals surface area contributed by atoms with Crippen molar-refractivity contribution in [3.8, 4) is 0 Å². The van der Waals surface area contributed by atoms with Gasteiger partial charge in [-0.3, -0.25) is 9.59 Å². The van der Waals surface area contributed by atoms with Crippen LogP contribution in [0.2, 0.25) is 0 Å². The summed E-state index contributed by atoms with van der Waals surface area (Å²) in [6.45, 7) is 16.3. The summed E-state index contributed by atoms with van der Waals surface area (Å²) in [4.78, 5) is 31.8. The maximum absolute atomic E-state index is 14.4. The number of ether oxygens (including phenoxy) is 4. The quantitative estimate of drug-likeness (QED) is 0.0389. The Kier molecular flexibility index (Phi) is 55.1. The average molecular weight is 1270 g/mol. The Morgan fingerprint density at radius 3 is 1.26 bits per heavy atom. The fourth-order valence-corrected chi connectivity index (χ4v) is 13.2. The number of benzene rings is 1. The molecule has 2 N–H and O–H groups in total. The minimum atomic E-state index is -0.585. The number of aromatic amines is 1. The third kappa shape index (κ3) is 49.2. The first-order valence-corrected chi connectivity index (χ1v) is 39.4. The molecule has 526 valence electrons. The molecule has 1 heterocycles. The topological polar surface area (TPSA) is 98.9 Å². The van der Waals surface area contributed by atoms with Crippen LogP contribution < -0.4 is 5.32 Å². The third-order valence-corrected chi connectivity index (χ3v) is 19.2. The van der Waals surface area contributed by atoms with E-state index in [-0.39, 0.29) is 24.1 Å². The lowest BCUT2D eigenvalue weighted by Crippen LogP contribution is -2.48. The highest BCUT2D eigenvalue weighted by molar-refractivity contribution is 5.90. The number of hydrogen-bond acceptors (Lipinski definition) is 6. The van der Waals surface area contributed by atoms with E-state index in [2.05, 4.69) is 78.3 Å². The first-order chi connectivity index (χ1) is 43.9. The van der Waals surface area contributed by atoms with Crippen molar-refractivity contribution in [3.63, 3.8) is 0 Å². The van der Waals surface area contributed by atoms with E-state index < -0.39 is 6.04 Å². The van der Waals surface area contributed by atoms with Crippen LogP contribution in [0.15, 0.2) is 30.5 Å². The van der Waals surface area contributed by atoms with E-state index in [1.165, 1.54) is 257 Å². The molecule has 90 heavy (non-hydrogen) atoms. The molecule has 10 heteroatoms. The molecule has 0 fully saturated rings. The lowest BCUT2D eigenvalue weighted by atomic mass is 9.98. The number of H-pyrrole nitrogens is 1. The maximum atomic E-state index is 14.4. The molecular weight excluding hydrogens is 1110 g/mol. The summed E-state index contributed by atoms with van der Waals surface area (Å²) in [5.41, 5.74) is 2.11. The second kappa shape index (κ2) is 59.2. The summed E-state index contributed by atoms with van der Waals surface area (Å²) in [7, 11) is 9.09. The molecule has 0 spiro atoms. The van der Waals surface area contributed by atoms with Crippen molar-refractivity contribution in [1.29, 1.82) is 0 Å². The van der Waals surface area contributed by atoms with Crippen molar-refractivity contribution < 1.29 is 37.5 Å². The zero-order valence-corrected chi connectivity index (χ0v) is 61.2. The van der Waals surface area contributed by atoms with Crippen molar-refractivity contribution in [2.45, 2.75) is 367 Å². The number of fused-ring (bicyclic) bond motifs is 1. The van der Waals surface area contributed by atoms with Crippen molar-refractivity contribution in [2.75, 3.05) is 87.4 Å². The number of aromatic nitrogens is 1. The average Bonchev–Trinajstić information content (AvgIpc) is 2.80. The highest BCUT2D eigenvalue weighted by Crippen LogP contribution is 2.22. The largest absolute Gasteiger partial charge is 0.379 e. The molecule has 3 unspecified atom stereocenters. The van der Waals surface area contributed by atoms with Crippen LogP contribution in [0.1, 0.15) is 348 Å². The van der Waals surface area contributed by atoms with Gasteiger partial charge in [0.1, 0.15) is 12.6 Å². The Hall–Kier alpha value is -2.34. The second-order valence-corrected chi connectivity index (χ2v) is 29.3. The van der Waals surface area contributed by atoms with E-state index in [0.29, 0.717) is 25.9 Å². The molecule has 2 aromatic rings. The number of carbonyl (C=O) groups is 2. The molecule has 0 aliphatic rings. The van der Waals surface area contributed by atoms with Crippen LogP contribution in [-0.4, -0.2) is 131 Å². The molecule has 0 bridgehead atoms. The number of Topliss-reactive ketones (excluding diaryl/α,β-unsaturated/α-hetero) is 1. The van der Waals surface area contributed by atoms with Crippen LogP contribution >= 0.6 is 0 Å². The van der Waals surface area contributed by atoms with Crippen molar-refractivity contribution >= 4 is 22.6 Å². The number of rotatable bonds is 70. The van der Waals surface area contributed by atoms with Gasteiger partial charge in [0.25, 0.3) is 0 Å². The summed E-state index contributed by atoms with van der Waals surface area (Å²) >= 11 is 0. The summed E-state index contributed by atoms with van der Waals surface area (Å²) < 4.78 is 27.6. The maximum Gasteiger partial charge on any atom is 0.220 e. The van der Waals surface area contributed by atoms with Gasteiger partial charge >= 0.3 is 0 Å². The fraction of sp³-hybridized carbons (Fsp3) is 0.875. The number of nitrogens with zero attached hydrogens (tertiary/aromatic N) is 2. The Morgan fingerprint density at radius 1 is 0.433 bits per heavy atom. The molecule has 10 nitrogen and oxygen atoms in total. The van der Waals surface area contributed by atoms with Gasteiger partial charge in [-0.2, -0.15) is 0 Å². The molecule has 2 rings (SSSR count). The number of likely N-dealkylation sites (N-methyl/N-ethyl adjacent to an activating group) is 1. The monoisotopic (exact) mass is 1270 g/mol. The number of nitrogens with one attached hydrogen (secondary N) is 2. The SMILES string of the molecule is CCCCCCCCCCCCCCOCC(C[N+](C)(C)CCCC(=O)NC(Cc1c[nH]c2ccccc12)C(=O)CCC[N+](C)(C)CCC(OCCCCCCCCCC)OCCCCCCCCCCCCCC)OCCCCCCCCCCCCCC. The third-order valence-electron chi connectivity index (χ3n) is 19.2. The van der Waals surface area contributed by atoms with Crippen LogP contribution in [0, 0.1) is 0 Å². The minimum Gasteiger partial charge on any atom is -0.379 e. The zero-order valence-electron chi connectivity index (χ0n) is 61.2. The second-order valence-electron chi connectivity index (χ2n) is 29.3. The first kappa shape index (κ1) is 83.7. The molecule has 0 saturated carbocycles. The number of quaternary nitrogens is 2. The van der Waals surface area contributed by atoms with Gasteiger partial charge in [0, 0.05) is 82.1 Å². The Bertz CT molecular complexity index is 1890. The molecule has 0 aliphatic heterocycles. The summed E-state index contributed by atoms with van der Waals surface area (Å²) in [6.07, 6.45) is 63.8. The first-order valence-electron chi connectivity index (χ1n) is 39.4. The molecule has 0 radical (unpaired) electrons. The summed E-state index contributed by atoms with van der Waals surface area (Å²) in [5, 5.41) is 4.38. The van der Waals surface area contributed by atoms with Gasteiger partial charge in [0.2, 0.25) is 5.91 Å². The fourth-order valence-electron chi connectivity index (χ4n) is 13.2. The number of unbranched alkanes of at least 4 members (excludes halogenated alkanes) is 40. The van der Waals surface area contributed by atoms with E-state index in [1.54, 1.807) is 0 Å². The molecule has 0 aliphatic carbocycles. The van der Waals surface area contributed by atoms with E-state index in [9.17, 15) is 9.59 Å². The van der Waals surface area contributed by atoms with Crippen LogP contribution in [0.25, 0.3) is 10.9 Å². The summed E-state index contributed by atoms with van der Waals surface area (Å²) in [5.74, 6) is 0.0649. The smallest absolute Gasteiger partial charge is 0.220 e. The van der Waals surface area contributed by atoms with E-state index >= 15 is 0 Å². The normalized spacial score (nSPS) is 13.2. The van der Waals surface area contributed by atoms with E-state index in [0.717, 1.165) is 123 Å². The van der Waals surface area contributed by atoms with Gasteiger partial charge in [-0.05, 0) is 37.3 Å². The standard InChI is InChI=1S/C80H151N4O6/c1-9-13-17-21-25-29-32-35-38-41-45-51-65-87-72-74(88-66-52-46-43-39-36-33-30-26-22-18-14-10-2)71-84(7,8)63-56-60-79(86)82-77(69-73-70-81-76-58-50-49-57-75(73)76)78(85)59-55-62-83(5,6)64-61-80(89-67-53-47-42-28-24-20-16-12-4)90-68-54-48-44-40-37-34-31-27-23-19-15-11-3/h49-50,57-58,70,74,77,80-81H,9-48,51-56,59-69,71-72H2,1-8H3/q+1/p+1. The van der Waals surface area contributed by atoms with Gasteiger partial charge in [-0.25, -0.2) is 0 Å². The van der Waals surface area contributed by atoms with Gasteiger partial charge in [-0.15, -0.1) is 0 Å². The number of para-hydroxylation sites is 1. The number of ketones is 1. The highest BCUT2D eigenvalue weighted by atomic mass is 16.7. The number of carbonyl (C=O) groups excluding carboxylic acids is 2. The predicted octanol–water partition coefficient (Wildman–Crippen LogP) is 21.9. The number of amides is 1. The van der Waals surface area contributed by atoms with E-state index in [1.807, 2.05) is 18.3 Å². The molecule has 3 atom stereocenters. The lowest BCUT2D eigenvalue weighted by molar-refractivity contribution is -0.893. The Balaban J connectivity index is 1.95. The lowest BCUT2D eigenvalue weighted by Gasteiger charge is -2.33. The molecular formula is C80H152N4O6+2. The van der Waals surface area contributed by atoms with Crippen LogP contribution in [0.5, 0.6) is 0 Å². The summed E-state index contributed by atoms with van der Waals surface area (Å²) in [6, 6.07) is 7.68. The predicted molar refractivity (Wildman–Crippen MR) is 388 cm³/mol. The van der Waals surface area contributed by atoms with Crippen LogP contribution in [0.3, 0.4) is 0 Å². The van der Waals surface area contributed by atoms with Crippen molar-refractivity contribution in [2.24, 2.45) is 0 Å². The highest BCUT2D eigenvalue weighted by Gasteiger charge is 2.27. The Morgan fingerprint density at radius 2 is 0.811 bits per heavy atom. The molecule has 1 aromatic heterocycles. The van der Waals surface area contributed by atoms with Crippen molar-refractivity contribution in [1.82, 2.24) is 10.3 Å². The molecule has 0 saturated heterocycles. The van der Waals surface area contributed by atoms with Gasteiger partial charge < -0.3 is 38.2 Å². The minimum absolute atomic E-state index is 0.0159.